The Morgan fingerprint density at radius 2 is 1.58 bits per heavy atom. The second-order valence-corrected chi connectivity index (χ2v) is 10.6. The van der Waals surface area contributed by atoms with Gasteiger partial charge in [0.2, 0.25) is 5.91 Å². The monoisotopic (exact) mass is 544 g/mol. The molecule has 0 radical (unpaired) electrons. The molecule has 1 fully saturated rings. The quantitative estimate of drug-likeness (QED) is 0.288. The number of nitrogens with zero attached hydrogens (tertiary/aromatic N) is 3. The van der Waals surface area contributed by atoms with Gasteiger partial charge >= 0.3 is 6.03 Å². The van der Waals surface area contributed by atoms with Crippen LogP contribution in [-0.4, -0.2) is 34.0 Å². The van der Waals surface area contributed by atoms with Crippen molar-refractivity contribution in [1.82, 2.24) is 9.47 Å². The Morgan fingerprint density at radius 1 is 0.895 bits per heavy atom. The summed E-state index contributed by atoms with van der Waals surface area (Å²) in [6.07, 6.45) is 3.71. The number of aryl methyl sites for hydroxylation is 1. The van der Waals surface area contributed by atoms with Crippen LogP contribution in [0.1, 0.15) is 35.7 Å². The van der Waals surface area contributed by atoms with Crippen molar-refractivity contribution >= 4 is 46.5 Å². The molecular formula is C30H26Cl2N4O2. The average molecular weight is 545 g/mol. The van der Waals surface area contributed by atoms with Crippen molar-refractivity contribution in [3.05, 3.63) is 112 Å². The minimum absolute atomic E-state index is 0.0121. The first-order valence-electron chi connectivity index (χ1n) is 12.6. The van der Waals surface area contributed by atoms with Crippen molar-refractivity contribution in [2.45, 2.75) is 31.8 Å². The zero-order chi connectivity index (χ0) is 26.4. The van der Waals surface area contributed by atoms with Gasteiger partial charge in [-0.25, -0.2) is 4.79 Å². The van der Waals surface area contributed by atoms with Crippen molar-refractivity contribution in [2.75, 3.05) is 16.8 Å². The molecule has 192 valence electrons. The molecule has 1 aliphatic carbocycles. The Kier molecular flexibility index (Phi) is 6.38. The van der Waals surface area contributed by atoms with Crippen LogP contribution in [-0.2, 0) is 4.79 Å². The maximum atomic E-state index is 14.2. The molecule has 38 heavy (non-hydrogen) atoms. The number of nitrogens with one attached hydrogen (secondary N) is 1. The van der Waals surface area contributed by atoms with E-state index in [9.17, 15) is 9.59 Å². The number of urea groups is 1. The molecule has 2 aliphatic rings. The molecule has 8 heteroatoms. The molecular weight excluding hydrogens is 519 g/mol. The molecule has 3 aromatic carbocycles. The van der Waals surface area contributed by atoms with E-state index >= 15 is 0 Å². The number of rotatable bonds is 5. The molecule has 0 spiro atoms. The minimum atomic E-state index is -0.392. The predicted octanol–water partition coefficient (Wildman–Crippen LogP) is 7.23. The summed E-state index contributed by atoms with van der Waals surface area (Å²) in [6.45, 7) is 1.97. The number of fused-ring (bicyclic) bond motifs is 3. The highest BCUT2D eigenvalue weighted by molar-refractivity contribution is 6.39. The van der Waals surface area contributed by atoms with E-state index < -0.39 is 6.03 Å². The SMILES string of the molecule is Cc1ccc([C@@H]2c3cccn3-c3ccccc3N2C(=O)CN(C(=O)Nc2c(Cl)cccc2Cl)C2CC2)cc1. The Balaban J connectivity index is 1.36. The molecule has 6 rings (SSSR count). The summed E-state index contributed by atoms with van der Waals surface area (Å²) in [5.74, 6) is -0.164. The molecule has 3 amide bonds. The van der Waals surface area contributed by atoms with Crippen molar-refractivity contribution in [1.29, 1.82) is 0 Å². The van der Waals surface area contributed by atoms with Crippen LogP contribution >= 0.6 is 23.2 Å². The fraction of sp³-hybridized carbons (Fsp3) is 0.200. The van der Waals surface area contributed by atoms with Gasteiger partial charge in [0.05, 0.1) is 32.8 Å². The molecule has 0 saturated heterocycles. The number of benzene rings is 3. The molecule has 0 unspecified atom stereocenters. The van der Waals surface area contributed by atoms with Gasteiger partial charge in [0.25, 0.3) is 0 Å². The van der Waals surface area contributed by atoms with Crippen LogP contribution in [0.5, 0.6) is 0 Å². The van der Waals surface area contributed by atoms with E-state index in [0.29, 0.717) is 15.7 Å². The third kappa shape index (κ3) is 4.44. The predicted molar refractivity (Wildman–Crippen MR) is 151 cm³/mol. The zero-order valence-electron chi connectivity index (χ0n) is 20.8. The number of anilines is 2. The first kappa shape index (κ1) is 24.6. The highest BCUT2D eigenvalue weighted by atomic mass is 35.5. The topological polar surface area (TPSA) is 57.6 Å². The number of halogens is 2. The Hall–Kier alpha value is -3.74. The number of amides is 3. The summed E-state index contributed by atoms with van der Waals surface area (Å²) in [5.41, 5.74) is 5.21. The molecule has 0 bridgehead atoms. The molecule has 1 N–H and O–H groups in total. The molecule has 2 heterocycles. The van der Waals surface area contributed by atoms with Gasteiger partial charge < -0.3 is 14.8 Å². The van der Waals surface area contributed by atoms with Gasteiger partial charge in [-0.3, -0.25) is 9.69 Å². The Morgan fingerprint density at radius 3 is 2.26 bits per heavy atom. The maximum absolute atomic E-state index is 14.2. The summed E-state index contributed by atoms with van der Waals surface area (Å²) in [4.78, 5) is 31.1. The lowest BCUT2D eigenvalue weighted by Crippen LogP contribution is -2.48. The van der Waals surface area contributed by atoms with E-state index in [1.807, 2.05) is 54.4 Å². The van der Waals surface area contributed by atoms with Gasteiger partial charge in [-0.05, 0) is 61.7 Å². The van der Waals surface area contributed by atoms with Gasteiger partial charge in [0.1, 0.15) is 12.6 Å². The average Bonchev–Trinajstić information content (AvgIpc) is 3.64. The third-order valence-electron chi connectivity index (χ3n) is 7.13. The van der Waals surface area contributed by atoms with Gasteiger partial charge in [-0.2, -0.15) is 0 Å². The number of aromatic nitrogens is 1. The lowest BCUT2D eigenvalue weighted by atomic mass is 9.97. The molecule has 1 atom stereocenters. The summed E-state index contributed by atoms with van der Waals surface area (Å²) < 4.78 is 2.13. The van der Waals surface area contributed by atoms with Gasteiger partial charge in [0, 0.05) is 12.2 Å². The first-order valence-corrected chi connectivity index (χ1v) is 13.3. The number of hydrogen-bond acceptors (Lipinski definition) is 2. The lowest BCUT2D eigenvalue weighted by molar-refractivity contribution is -0.119. The van der Waals surface area contributed by atoms with Gasteiger partial charge in [-0.15, -0.1) is 0 Å². The Labute approximate surface area is 231 Å². The highest BCUT2D eigenvalue weighted by Gasteiger charge is 2.40. The van der Waals surface area contributed by atoms with E-state index in [1.165, 1.54) is 0 Å². The fourth-order valence-corrected chi connectivity index (χ4v) is 5.59. The van der Waals surface area contributed by atoms with E-state index in [0.717, 1.165) is 41.0 Å². The number of para-hydroxylation sites is 3. The summed E-state index contributed by atoms with van der Waals surface area (Å²) in [7, 11) is 0. The van der Waals surface area contributed by atoms with Crippen LogP contribution in [0.25, 0.3) is 5.69 Å². The van der Waals surface area contributed by atoms with E-state index in [2.05, 4.69) is 34.1 Å². The van der Waals surface area contributed by atoms with Crippen LogP contribution in [0.15, 0.2) is 85.1 Å². The lowest BCUT2D eigenvalue weighted by Gasteiger charge is -2.39. The second-order valence-electron chi connectivity index (χ2n) is 9.75. The third-order valence-corrected chi connectivity index (χ3v) is 7.76. The number of carbonyl (C=O) groups is 2. The van der Waals surface area contributed by atoms with Crippen molar-refractivity contribution in [2.24, 2.45) is 0 Å². The zero-order valence-corrected chi connectivity index (χ0v) is 22.3. The van der Waals surface area contributed by atoms with Crippen molar-refractivity contribution in [3.8, 4) is 5.69 Å². The normalized spacial score (nSPS) is 16.0. The van der Waals surface area contributed by atoms with E-state index in [-0.39, 0.29) is 24.5 Å². The van der Waals surface area contributed by atoms with Crippen molar-refractivity contribution in [3.63, 3.8) is 0 Å². The number of hydrogen-bond donors (Lipinski definition) is 1. The largest absolute Gasteiger partial charge is 0.322 e. The maximum Gasteiger partial charge on any atom is 0.322 e. The second kappa shape index (κ2) is 9.86. The summed E-state index contributed by atoms with van der Waals surface area (Å²) >= 11 is 12.6. The van der Waals surface area contributed by atoms with Crippen LogP contribution in [0.4, 0.5) is 16.2 Å². The fourth-order valence-electron chi connectivity index (χ4n) is 5.10. The van der Waals surface area contributed by atoms with Gasteiger partial charge in [0.15, 0.2) is 0 Å². The van der Waals surface area contributed by atoms with E-state index in [4.69, 9.17) is 23.2 Å². The molecule has 4 aromatic rings. The first-order chi connectivity index (χ1) is 18.4. The summed E-state index contributed by atoms with van der Waals surface area (Å²) in [6, 6.07) is 24.5. The molecule has 1 saturated carbocycles. The number of carbonyl (C=O) groups excluding carboxylic acids is 2. The smallest absolute Gasteiger partial charge is 0.316 e. The highest BCUT2D eigenvalue weighted by Crippen LogP contribution is 2.42. The minimum Gasteiger partial charge on any atom is -0.316 e. The van der Waals surface area contributed by atoms with Crippen LogP contribution < -0.4 is 10.2 Å². The Bertz CT molecular complexity index is 1510. The van der Waals surface area contributed by atoms with Crippen LogP contribution in [0.2, 0.25) is 10.0 Å². The van der Waals surface area contributed by atoms with Gasteiger partial charge in [-0.1, -0.05) is 71.2 Å². The van der Waals surface area contributed by atoms with Crippen LogP contribution in [0.3, 0.4) is 0 Å². The van der Waals surface area contributed by atoms with Crippen LogP contribution in [0, 0.1) is 6.92 Å². The van der Waals surface area contributed by atoms with Crippen molar-refractivity contribution < 1.29 is 9.59 Å². The summed E-state index contributed by atoms with van der Waals surface area (Å²) in [5, 5.41) is 3.53. The van der Waals surface area contributed by atoms with E-state index in [1.54, 1.807) is 23.1 Å². The molecule has 1 aliphatic heterocycles. The molecule has 1 aromatic heterocycles. The molecule has 6 nitrogen and oxygen atoms in total. The standard InChI is InChI=1S/C30H26Cl2N4O2/c1-19-11-13-20(14-12-19)29-26-10-5-17-34(26)24-8-2-3-9-25(24)36(29)27(37)18-35(21-15-16-21)30(38)33-28-22(31)6-4-7-23(28)32/h2-14,17,21,29H,15-16,18H2,1H3,(H,33,38)/t29-/m1/s1.